The molecule has 0 aromatic heterocycles. The Labute approximate surface area is 132 Å². The van der Waals surface area contributed by atoms with Crippen molar-refractivity contribution in [3.63, 3.8) is 0 Å². The lowest BCUT2D eigenvalue weighted by atomic mass is 9.71. The van der Waals surface area contributed by atoms with E-state index in [1.165, 1.54) is 24.8 Å². The molecular formula is C18H26N2O2. The average Bonchev–Trinajstić information content (AvgIpc) is 2.98. The van der Waals surface area contributed by atoms with E-state index in [2.05, 4.69) is 0 Å². The fourth-order valence-electron chi connectivity index (χ4n) is 3.94. The first-order valence-corrected chi connectivity index (χ1v) is 8.35. The molecule has 22 heavy (non-hydrogen) atoms. The second kappa shape index (κ2) is 6.29. The number of nitrogens with two attached hydrogens (primary N) is 1. The van der Waals surface area contributed by atoms with Crippen LogP contribution >= 0.6 is 0 Å². The molecule has 0 unspecified atom stereocenters. The summed E-state index contributed by atoms with van der Waals surface area (Å²) in [6.07, 6.45) is 7.39. The van der Waals surface area contributed by atoms with Crippen LogP contribution < -0.4 is 15.4 Å². The number of nitrogens with zero attached hydrogens (tertiary/aromatic N) is 1. The van der Waals surface area contributed by atoms with Gasteiger partial charge in [-0.15, -0.1) is 0 Å². The number of fused-ring (bicyclic) bond motifs is 1. The van der Waals surface area contributed by atoms with E-state index in [0.717, 1.165) is 37.2 Å². The maximum Gasteiger partial charge on any atom is 0.227 e. The molecule has 1 aliphatic carbocycles. The van der Waals surface area contributed by atoms with Crippen LogP contribution in [-0.2, 0) is 11.2 Å². The van der Waals surface area contributed by atoms with E-state index in [1.807, 2.05) is 23.1 Å². The van der Waals surface area contributed by atoms with Gasteiger partial charge in [0.1, 0.15) is 5.75 Å². The molecule has 1 fully saturated rings. The highest BCUT2D eigenvalue weighted by Crippen LogP contribution is 2.40. The van der Waals surface area contributed by atoms with Gasteiger partial charge in [0.2, 0.25) is 5.91 Å². The summed E-state index contributed by atoms with van der Waals surface area (Å²) >= 11 is 0. The molecule has 120 valence electrons. The van der Waals surface area contributed by atoms with E-state index in [-0.39, 0.29) is 11.3 Å². The number of rotatable bonds is 4. The summed E-state index contributed by atoms with van der Waals surface area (Å²) in [6.45, 7) is 1.41. The van der Waals surface area contributed by atoms with E-state index in [1.54, 1.807) is 7.11 Å². The maximum atomic E-state index is 12.8. The molecule has 2 N–H and O–H groups in total. The molecule has 1 saturated carbocycles. The Morgan fingerprint density at radius 2 is 2.09 bits per heavy atom. The molecule has 0 bridgehead atoms. The van der Waals surface area contributed by atoms with Gasteiger partial charge in [0.25, 0.3) is 0 Å². The third-order valence-electron chi connectivity index (χ3n) is 5.36. The van der Waals surface area contributed by atoms with Gasteiger partial charge in [0.05, 0.1) is 7.11 Å². The number of amides is 1. The van der Waals surface area contributed by atoms with Gasteiger partial charge in [0.15, 0.2) is 0 Å². The molecule has 2 aliphatic rings. The summed E-state index contributed by atoms with van der Waals surface area (Å²) < 4.78 is 5.27. The smallest absolute Gasteiger partial charge is 0.227 e. The van der Waals surface area contributed by atoms with Crippen molar-refractivity contribution in [3.8, 4) is 5.75 Å². The van der Waals surface area contributed by atoms with Crippen molar-refractivity contribution in [1.29, 1.82) is 0 Å². The van der Waals surface area contributed by atoms with Crippen LogP contribution in [0.4, 0.5) is 5.69 Å². The van der Waals surface area contributed by atoms with Crippen molar-refractivity contribution in [3.05, 3.63) is 23.8 Å². The van der Waals surface area contributed by atoms with Gasteiger partial charge < -0.3 is 15.4 Å². The minimum Gasteiger partial charge on any atom is -0.497 e. The first-order chi connectivity index (χ1) is 10.7. The molecule has 1 heterocycles. The maximum absolute atomic E-state index is 12.8. The Morgan fingerprint density at radius 3 is 2.77 bits per heavy atom. The van der Waals surface area contributed by atoms with Crippen molar-refractivity contribution >= 4 is 11.6 Å². The molecule has 1 amide bonds. The van der Waals surface area contributed by atoms with E-state index >= 15 is 0 Å². The molecule has 4 nitrogen and oxygen atoms in total. The van der Waals surface area contributed by atoms with E-state index in [9.17, 15) is 4.79 Å². The molecule has 1 aliphatic heterocycles. The van der Waals surface area contributed by atoms with Crippen LogP contribution in [0.2, 0.25) is 0 Å². The minimum absolute atomic E-state index is 0.0323. The highest BCUT2D eigenvalue weighted by molar-refractivity contribution is 5.96. The first kappa shape index (κ1) is 15.3. The van der Waals surface area contributed by atoms with Gasteiger partial charge in [-0.1, -0.05) is 19.3 Å². The van der Waals surface area contributed by atoms with Gasteiger partial charge in [-0.3, -0.25) is 4.79 Å². The monoisotopic (exact) mass is 302 g/mol. The van der Waals surface area contributed by atoms with Crippen LogP contribution in [0.3, 0.4) is 0 Å². The summed E-state index contributed by atoms with van der Waals surface area (Å²) in [5.41, 5.74) is 8.32. The quantitative estimate of drug-likeness (QED) is 0.930. The highest BCUT2D eigenvalue weighted by Gasteiger charge is 2.36. The largest absolute Gasteiger partial charge is 0.497 e. The van der Waals surface area contributed by atoms with Gasteiger partial charge in [0, 0.05) is 18.7 Å². The number of methoxy groups -OCH3 is 1. The number of benzene rings is 1. The molecule has 3 rings (SSSR count). The predicted molar refractivity (Wildman–Crippen MR) is 88.2 cm³/mol. The van der Waals surface area contributed by atoms with Crippen LogP contribution in [0, 0.1) is 5.41 Å². The molecule has 4 heteroatoms. The molecule has 0 spiro atoms. The molecule has 0 radical (unpaired) electrons. The van der Waals surface area contributed by atoms with Gasteiger partial charge in [-0.05, 0) is 55.0 Å². The fraction of sp³-hybridized carbons (Fsp3) is 0.611. The molecule has 0 saturated heterocycles. The fourth-order valence-corrected chi connectivity index (χ4v) is 3.94. The number of hydrogen-bond donors (Lipinski definition) is 1. The summed E-state index contributed by atoms with van der Waals surface area (Å²) in [6, 6.07) is 5.99. The van der Waals surface area contributed by atoms with E-state index < -0.39 is 0 Å². The first-order valence-electron chi connectivity index (χ1n) is 8.35. The van der Waals surface area contributed by atoms with Crippen molar-refractivity contribution in [1.82, 2.24) is 0 Å². The molecule has 0 atom stereocenters. The SMILES string of the molecule is COc1ccc2c(c1)CCN2C(=O)CC1(CN)CCCCC1. The second-order valence-corrected chi connectivity index (χ2v) is 6.73. The molecule has 1 aromatic carbocycles. The Balaban J connectivity index is 1.74. The third-order valence-corrected chi connectivity index (χ3v) is 5.36. The van der Waals surface area contributed by atoms with Gasteiger partial charge >= 0.3 is 0 Å². The average molecular weight is 302 g/mol. The predicted octanol–water partition coefficient (Wildman–Crippen LogP) is 2.88. The van der Waals surface area contributed by atoms with Crippen LogP contribution in [0.5, 0.6) is 5.75 Å². The van der Waals surface area contributed by atoms with Crippen LogP contribution in [-0.4, -0.2) is 26.1 Å². The van der Waals surface area contributed by atoms with Gasteiger partial charge in [-0.2, -0.15) is 0 Å². The van der Waals surface area contributed by atoms with Crippen molar-refractivity contribution in [2.45, 2.75) is 44.9 Å². The normalized spacial score (nSPS) is 19.8. The van der Waals surface area contributed by atoms with Crippen molar-refractivity contribution in [2.75, 3.05) is 25.1 Å². The lowest BCUT2D eigenvalue weighted by molar-refractivity contribution is -0.121. The Kier molecular flexibility index (Phi) is 4.39. The summed E-state index contributed by atoms with van der Waals surface area (Å²) in [4.78, 5) is 14.8. The second-order valence-electron chi connectivity index (χ2n) is 6.73. The Hall–Kier alpha value is -1.55. The summed E-state index contributed by atoms with van der Waals surface area (Å²) in [5.74, 6) is 1.09. The van der Waals surface area contributed by atoms with Crippen molar-refractivity contribution < 1.29 is 9.53 Å². The minimum atomic E-state index is 0.0323. The zero-order chi connectivity index (χ0) is 15.6. The van der Waals surface area contributed by atoms with Crippen LogP contribution in [0.1, 0.15) is 44.1 Å². The number of carbonyl (C=O) groups excluding carboxylic acids is 1. The number of anilines is 1. The van der Waals surface area contributed by atoms with Crippen LogP contribution in [0.15, 0.2) is 18.2 Å². The number of hydrogen-bond acceptors (Lipinski definition) is 3. The van der Waals surface area contributed by atoms with E-state index in [0.29, 0.717) is 13.0 Å². The standard InChI is InChI=1S/C18H26N2O2/c1-22-15-5-6-16-14(11-15)7-10-20(16)17(21)12-18(13-19)8-3-2-4-9-18/h5-6,11H,2-4,7-10,12-13,19H2,1H3. The van der Waals surface area contributed by atoms with E-state index in [4.69, 9.17) is 10.5 Å². The Bertz CT molecular complexity index is 550. The van der Waals surface area contributed by atoms with Gasteiger partial charge in [-0.25, -0.2) is 0 Å². The lowest BCUT2D eigenvalue weighted by Gasteiger charge is -2.36. The van der Waals surface area contributed by atoms with Crippen molar-refractivity contribution in [2.24, 2.45) is 11.1 Å². The topological polar surface area (TPSA) is 55.6 Å². The zero-order valence-electron chi connectivity index (χ0n) is 13.4. The Morgan fingerprint density at radius 1 is 1.32 bits per heavy atom. The van der Waals surface area contributed by atoms with Crippen LogP contribution in [0.25, 0.3) is 0 Å². The molecular weight excluding hydrogens is 276 g/mol. The number of carbonyl (C=O) groups is 1. The number of ether oxygens (including phenoxy) is 1. The molecule has 1 aromatic rings. The third kappa shape index (κ3) is 2.84. The summed E-state index contributed by atoms with van der Waals surface area (Å²) in [7, 11) is 1.67. The lowest BCUT2D eigenvalue weighted by Crippen LogP contribution is -2.40. The summed E-state index contributed by atoms with van der Waals surface area (Å²) in [5, 5.41) is 0. The highest BCUT2D eigenvalue weighted by atomic mass is 16.5. The zero-order valence-corrected chi connectivity index (χ0v) is 13.4.